The third kappa shape index (κ3) is 5.39. The smallest absolute Gasteiger partial charge is 0.230 e. The van der Waals surface area contributed by atoms with Crippen LogP contribution in [0.1, 0.15) is 50.3 Å². The molecule has 1 N–H and O–H groups in total. The molecule has 0 aromatic carbocycles. The van der Waals surface area contributed by atoms with Crippen LogP contribution in [0.2, 0.25) is 0 Å². The van der Waals surface area contributed by atoms with Crippen molar-refractivity contribution in [1.29, 1.82) is 0 Å². The Hall–Kier alpha value is -2.32. The molecule has 2 aromatic heterocycles. The van der Waals surface area contributed by atoms with Gasteiger partial charge in [0.15, 0.2) is 0 Å². The first kappa shape index (κ1) is 20.0. The number of hydrogen-bond donors (Lipinski definition) is 1. The summed E-state index contributed by atoms with van der Waals surface area (Å²) >= 11 is 0. The number of nitrogens with zero attached hydrogens (tertiary/aromatic N) is 4. The van der Waals surface area contributed by atoms with Crippen molar-refractivity contribution in [2.45, 2.75) is 50.5 Å². The Morgan fingerprint density at radius 3 is 2.86 bits per heavy atom. The molecular formula is C21H29N5O3. The lowest BCUT2D eigenvalue weighted by atomic mass is 9.98. The summed E-state index contributed by atoms with van der Waals surface area (Å²) in [7, 11) is 0. The Morgan fingerprint density at radius 1 is 1.14 bits per heavy atom. The standard InChI is InChI=1S/C21H29N5O3/c27-19-6-12-26(18-7-13-28-14-8-18)11-2-4-16(5-10-23-19)21-24-20(25-29-21)17-3-1-9-22-15-17/h1,3,9,15-16,18H,2,4-8,10-14H2,(H,23,27). The monoisotopic (exact) mass is 399 g/mol. The fraction of sp³-hybridized carbons (Fsp3) is 0.619. The third-order valence-corrected chi connectivity index (χ3v) is 5.86. The normalized spacial score (nSPS) is 23.3. The largest absolute Gasteiger partial charge is 0.381 e. The van der Waals surface area contributed by atoms with Crippen molar-refractivity contribution in [3.63, 3.8) is 0 Å². The van der Waals surface area contributed by atoms with E-state index in [2.05, 4.69) is 25.3 Å². The second-order valence-corrected chi connectivity index (χ2v) is 7.81. The lowest BCUT2D eigenvalue weighted by molar-refractivity contribution is -0.121. The Labute approximate surface area is 171 Å². The highest BCUT2D eigenvalue weighted by atomic mass is 16.5. The van der Waals surface area contributed by atoms with Crippen LogP contribution in [-0.2, 0) is 9.53 Å². The van der Waals surface area contributed by atoms with Gasteiger partial charge in [0, 0.05) is 62.6 Å². The number of aromatic nitrogens is 3. The molecule has 4 rings (SSSR count). The van der Waals surface area contributed by atoms with Gasteiger partial charge in [-0.15, -0.1) is 0 Å². The number of pyridine rings is 1. The quantitative estimate of drug-likeness (QED) is 0.847. The van der Waals surface area contributed by atoms with E-state index in [0.717, 1.165) is 64.0 Å². The zero-order chi connectivity index (χ0) is 19.9. The number of hydrogen-bond acceptors (Lipinski definition) is 7. The van der Waals surface area contributed by atoms with Gasteiger partial charge in [-0.05, 0) is 50.8 Å². The number of ether oxygens (including phenoxy) is 1. The maximum Gasteiger partial charge on any atom is 0.230 e. The van der Waals surface area contributed by atoms with E-state index in [1.165, 1.54) is 0 Å². The molecule has 2 aliphatic rings. The average molecular weight is 399 g/mol. The summed E-state index contributed by atoms with van der Waals surface area (Å²) in [6, 6.07) is 4.29. The van der Waals surface area contributed by atoms with E-state index < -0.39 is 0 Å². The maximum absolute atomic E-state index is 12.3. The van der Waals surface area contributed by atoms with Gasteiger partial charge in [0.25, 0.3) is 0 Å². The summed E-state index contributed by atoms with van der Waals surface area (Å²) in [4.78, 5) is 23.5. The van der Waals surface area contributed by atoms with E-state index >= 15 is 0 Å². The van der Waals surface area contributed by atoms with Gasteiger partial charge in [0.05, 0.1) is 0 Å². The van der Waals surface area contributed by atoms with Gasteiger partial charge >= 0.3 is 0 Å². The Balaban J connectivity index is 1.44. The van der Waals surface area contributed by atoms with Crippen LogP contribution in [0.3, 0.4) is 0 Å². The molecule has 2 fully saturated rings. The Morgan fingerprint density at radius 2 is 2.03 bits per heavy atom. The summed E-state index contributed by atoms with van der Waals surface area (Å²) in [6.45, 7) is 4.06. The molecule has 8 heteroatoms. The average Bonchev–Trinajstić information content (AvgIpc) is 3.24. The molecule has 2 aliphatic heterocycles. The van der Waals surface area contributed by atoms with Crippen molar-refractivity contribution in [2.24, 2.45) is 0 Å². The van der Waals surface area contributed by atoms with Gasteiger partial charge in [-0.2, -0.15) is 4.98 Å². The van der Waals surface area contributed by atoms with Crippen molar-refractivity contribution in [3.05, 3.63) is 30.4 Å². The highest BCUT2D eigenvalue weighted by Crippen LogP contribution is 2.27. The highest BCUT2D eigenvalue weighted by Gasteiger charge is 2.25. The van der Waals surface area contributed by atoms with Crippen molar-refractivity contribution >= 4 is 5.91 Å². The van der Waals surface area contributed by atoms with Gasteiger partial charge in [0.1, 0.15) is 0 Å². The molecule has 156 valence electrons. The lowest BCUT2D eigenvalue weighted by Crippen LogP contribution is -2.41. The van der Waals surface area contributed by atoms with E-state index in [4.69, 9.17) is 9.26 Å². The number of amides is 1. The molecule has 1 unspecified atom stereocenters. The molecule has 29 heavy (non-hydrogen) atoms. The van der Waals surface area contributed by atoms with Crippen LogP contribution < -0.4 is 5.32 Å². The van der Waals surface area contributed by atoms with Gasteiger partial charge in [0.2, 0.25) is 17.6 Å². The van der Waals surface area contributed by atoms with E-state index in [9.17, 15) is 4.79 Å². The molecule has 0 saturated carbocycles. The summed E-state index contributed by atoms with van der Waals surface area (Å²) < 4.78 is 11.1. The molecule has 0 aliphatic carbocycles. The molecule has 1 amide bonds. The van der Waals surface area contributed by atoms with E-state index in [1.54, 1.807) is 12.4 Å². The molecule has 0 radical (unpaired) electrons. The maximum atomic E-state index is 12.3. The molecule has 0 spiro atoms. The van der Waals surface area contributed by atoms with Gasteiger partial charge in [-0.1, -0.05) is 5.16 Å². The molecule has 4 heterocycles. The Kier molecular flexibility index (Phi) is 6.84. The summed E-state index contributed by atoms with van der Waals surface area (Å²) in [5.41, 5.74) is 0.846. The van der Waals surface area contributed by atoms with E-state index in [0.29, 0.717) is 30.7 Å². The minimum absolute atomic E-state index is 0.115. The zero-order valence-corrected chi connectivity index (χ0v) is 16.8. The number of nitrogens with one attached hydrogen (secondary N) is 1. The highest BCUT2D eigenvalue weighted by molar-refractivity contribution is 5.76. The van der Waals surface area contributed by atoms with Crippen LogP contribution in [0.5, 0.6) is 0 Å². The first-order valence-corrected chi connectivity index (χ1v) is 10.6. The van der Waals surface area contributed by atoms with Crippen molar-refractivity contribution in [2.75, 3.05) is 32.8 Å². The van der Waals surface area contributed by atoms with Gasteiger partial charge < -0.3 is 14.6 Å². The van der Waals surface area contributed by atoms with Crippen LogP contribution in [-0.4, -0.2) is 64.8 Å². The molecule has 0 bridgehead atoms. The van der Waals surface area contributed by atoms with Crippen LogP contribution in [0.15, 0.2) is 29.0 Å². The first-order chi connectivity index (χ1) is 14.3. The summed E-state index contributed by atoms with van der Waals surface area (Å²) in [5, 5.41) is 7.19. The molecular weight excluding hydrogens is 370 g/mol. The predicted molar refractivity (Wildman–Crippen MR) is 107 cm³/mol. The van der Waals surface area contributed by atoms with Crippen LogP contribution in [0.4, 0.5) is 0 Å². The van der Waals surface area contributed by atoms with Gasteiger partial charge in [-0.3, -0.25) is 14.7 Å². The molecule has 8 nitrogen and oxygen atoms in total. The first-order valence-electron chi connectivity index (χ1n) is 10.6. The minimum Gasteiger partial charge on any atom is -0.381 e. The Bertz CT molecular complexity index is 776. The zero-order valence-electron chi connectivity index (χ0n) is 16.8. The minimum atomic E-state index is 0.115. The predicted octanol–water partition coefficient (Wildman–Crippen LogP) is 2.39. The lowest BCUT2D eigenvalue weighted by Gasteiger charge is -2.34. The number of carbonyl (C=O) groups excluding carboxylic acids is 1. The van der Waals surface area contributed by atoms with Crippen molar-refractivity contribution < 1.29 is 14.1 Å². The molecule has 2 saturated heterocycles. The summed E-state index contributed by atoms with van der Waals surface area (Å²) in [6.07, 6.45) is 8.91. The van der Waals surface area contributed by atoms with E-state index in [-0.39, 0.29) is 11.8 Å². The number of carbonyl (C=O) groups is 1. The van der Waals surface area contributed by atoms with Crippen LogP contribution in [0.25, 0.3) is 11.4 Å². The van der Waals surface area contributed by atoms with Crippen molar-refractivity contribution in [3.8, 4) is 11.4 Å². The second kappa shape index (κ2) is 9.93. The fourth-order valence-electron chi connectivity index (χ4n) is 4.19. The van der Waals surface area contributed by atoms with Crippen molar-refractivity contribution in [1.82, 2.24) is 25.3 Å². The molecule has 2 aromatic rings. The fourth-order valence-corrected chi connectivity index (χ4v) is 4.19. The van der Waals surface area contributed by atoms with Crippen LogP contribution >= 0.6 is 0 Å². The third-order valence-electron chi connectivity index (χ3n) is 5.86. The second-order valence-electron chi connectivity index (χ2n) is 7.81. The SMILES string of the molecule is O=C1CCN(C2CCOCC2)CCCC(c2nc(-c3cccnc3)no2)CCN1. The summed E-state index contributed by atoms with van der Waals surface area (Å²) in [5.74, 6) is 1.47. The van der Waals surface area contributed by atoms with Gasteiger partial charge in [-0.25, -0.2) is 0 Å². The van der Waals surface area contributed by atoms with Crippen LogP contribution in [0, 0.1) is 0 Å². The topological polar surface area (TPSA) is 93.4 Å². The molecule has 1 atom stereocenters. The van der Waals surface area contributed by atoms with E-state index in [1.807, 2.05) is 12.1 Å². The number of rotatable bonds is 3.